The van der Waals surface area contributed by atoms with Gasteiger partial charge in [0.05, 0.1) is 6.33 Å². The number of rotatable bonds is 0. The van der Waals surface area contributed by atoms with Gasteiger partial charge in [-0.1, -0.05) is 0 Å². The molecule has 2 aromatic rings. The summed E-state index contributed by atoms with van der Waals surface area (Å²) in [5, 5.41) is 0. The van der Waals surface area contributed by atoms with E-state index in [0.29, 0.717) is 0 Å². The molecule has 0 fully saturated rings. The molecule has 2 heterocycles. The van der Waals surface area contributed by atoms with Gasteiger partial charge in [-0.15, -0.1) is 0 Å². The first kappa shape index (κ1) is 8.52. The molecule has 0 bridgehead atoms. The predicted molar refractivity (Wildman–Crippen MR) is 46.6 cm³/mol. The van der Waals surface area contributed by atoms with Crippen LogP contribution in [0.25, 0.3) is 0 Å². The highest BCUT2D eigenvalue weighted by Crippen LogP contribution is 1.89. The van der Waals surface area contributed by atoms with Gasteiger partial charge in [0, 0.05) is 24.3 Å². The van der Waals surface area contributed by atoms with E-state index < -0.39 is 0 Å². The van der Waals surface area contributed by atoms with Gasteiger partial charge in [-0.3, -0.25) is 0 Å². The molecule has 0 aromatic carbocycles. The summed E-state index contributed by atoms with van der Waals surface area (Å²) in [6, 6.07) is 0. The zero-order valence-electron chi connectivity index (χ0n) is 7.20. The lowest BCUT2D eigenvalue weighted by atomic mass is 10.6. The lowest BCUT2D eigenvalue weighted by Crippen LogP contribution is -1.70. The van der Waals surface area contributed by atoms with Gasteiger partial charge in [-0.2, -0.15) is 0 Å². The third-order valence-corrected chi connectivity index (χ3v) is 1.24. The molecule has 0 radical (unpaired) electrons. The zero-order chi connectivity index (χ0) is 8.81. The van der Waals surface area contributed by atoms with Gasteiger partial charge in [0.1, 0.15) is 5.82 Å². The largest absolute Gasteiger partial charge is 0.351 e. The maximum Gasteiger partial charge on any atom is 0.103 e. The molecule has 0 atom stereocenters. The van der Waals surface area contributed by atoms with E-state index in [1.54, 1.807) is 18.7 Å². The van der Waals surface area contributed by atoms with Crippen LogP contribution in [0, 0.1) is 13.8 Å². The van der Waals surface area contributed by atoms with Crippen LogP contribution in [0.5, 0.6) is 0 Å². The number of nitrogens with zero attached hydrogens (tertiary/aromatic N) is 2. The monoisotopic (exact) mass is 164 g/mol. The van der Waals surface area contributed by atoms with Crippen LogP contribution in [0.1, 0.15) is 11.5 Å². The normalized spacial score (nSPS) is 8.83. The first-order valence-corrected chi connectivity index (χ1v) is 3.70. The van der Waals surface area contributed by atoms with Crippen LogP contribution in [0.15, 0.2) is 24.9 Å². The molecular weight excluding hydrogens is 152 g/mol. The van der Waals surface area contributed by atoms with Gasteiger partial charge >= 0.3 is 0 Å². The third kappa shape index (κ3) is 3.01. The molecule has 0 aliphatic heterocycles. The smallest absolute Gasteiger partial charge is 0.103 e. The summed E-state index contributed by atoms with van der Waals surface area (Å²) >= 11 is 0. The fraction of sp³-hybridized carbons (Fsp3) is 0.250. The molecule has 12 heavy (non-hydrogen) atoms. The van der Waals surface area contributed by atoms with Gasteiger partial charge in [0.2, 0.25) is 0 Å². The van der Waals surface area contributed by atoms with Crippen molar-refractivity contribution in [1.29, 1.82) is 0 Å². The molecular formula is C8H12N4. The van der Waals surface area contributed by atoms with Crippen LogP contribution < -0.4 is 0 Å². The SMILES string of the molecule is Cc1cnc(C)[nH]1.c1c[nH]cn1. The fourth-order valence-electron chi connectivity index (χ4n) is 0.759. The Morgan fingerprint density at radius 3 is 2.33 bits per heavy atom. The van der Waals surface area contributed by atoms with Gasteiger partial charge in [-0.25, -0.2) is 9.97 Å². The summed E-state index contributed by atoms with van der Waals surface area (Å²) in [5.41, 5.74) is 1.12. The zero-order valence-corrected chi connectivity index (χ0v) is 7.20. The maximum absolute atomic E-state index is 3.96. The number of nitrogens with one attached hydrogen (secondary N) is 2. The number of aromatic amines is 2. The fourth-order valence-corrected chi connectivity index (χ4v) is 0.759. The van der Waals surface area contributed by atoms with Crippen LogP contribution in [-0.2, 0) is 0 Å². The molecule has 0 spiro atoms. The molecule has 2 N–H and O–H groups in total. The van der Waals surface area contributed by atoms with Gasteiger partial charge in [0.15, 0.2) is 0 Å². The topological polar surface area (TPSA) is 57.4 Å². The maximum atomic E-state index is 3.96. The first-order chi connectivity index (χ1) is 5.79. The van der Waals surface area contributed by atoms with Crippen molar-refractivity contribution in [2.75, 3.05) is 0 Å². The van der Waals surface area contributed by atoms with Crippen LogP contribution in [-0.4, -0.2) is 19.9 Å². The Bertz CT molecular complexity index is 263. The van der Waals surface area contributed by atoms with Crippen LogP contribution in [0.4, 0.5) is 0 Å². The Labute approximate surface area is 71.1 Å². The van der Waals surface area contributed by atoms with Crippen molar-refractivity contribution < 1.29 is 0 Å². The van der Waals surface area contributed by atoms with Gasteiger partial charge < -0.3 is 9.97 Å². The summed E-state index contributed by atoms with van der Waals surface area (Å²) in [4.78, 5) is 13.4. The van der Waals surface area contributed by atoms with E-state index >= 15 is 0 Å². The number of hydrogen-bond acceptors (Lipinski definition) is 2. The highest BCUT2D eigenvalue weighted by molar-refractivity contribution is 4.95. The van der Waals surface area contributed by atoms with Crippen molar-refractivity contribution >= 4 is 0 Å². The van der Waals surface area contributed by atoms with Crippen molar-refractivity contribution in [3.8, 4) is 0 Å². The Morgan fingerprint density at radius 2 is 2.17 bits per heavy atom. The van der Waals surface area contributed by atoms with Crippen molar-refractivity contribution in [3.05, 3.63) is 36.4 Å². The summed E-state index contributed by atoms with van der Waals surface area (Å²) in [7, 11) is 0. The minimum Gasteiger partial charge on any atom is -0.351 e. The Kier molecular flexibility index (Phi) is 3.07. The molecule has 0 saturated carbocycles. The number of hydrogen-bond donors (Lipinski definition) is 2. The lowest BCUT2D eigenvalue weighted by molar-refractivity contribution is 1.13. The molecule has 0 unspecified atom stereocenters. The second kappa shape index (κ2) is 4.33. The predicted octanol–water partition coefficient (Wildman–Crippen LogP) is 1.44. The van der Waals surface area contributed by atoms with E-state index in [4.69, 9.17) is 0 Å². The molecule has 64 valence electrons. The summed E-state index contributed by atoms with van der Waals surface area (Å²) < 4.78 is 0. The standard InChI is InChI=1S/C5H8N2.C3H4N2/c1-4-3-6-5(2)7-4;1-2-5-3-4-1/h3H,1-2H3,(H,6,7);1-3H,(H,4,5). The minimum atomic E-state index is 0.984. The highest BCUT2D eigenvalue weighted by atomic mass is 14.9. The summed E-state index contributed by atoms with van der Waals surface area (Å²) in [5.74, 6) is 0.984. The lowest BCUT2D eigenvalue weighted by Gasteiger charge is -1.74. The quantitative estimate of drug-likeness (QED) is 0.619. The molecule has 0 saturated heterocycles. The Hall–Kier alpha value is -1.58. The molecule has 2 rings (SSSR count). The molecule has 0 aliphatic rings. The van der Waals surface area contributed by atoms with E-state index in [2.05, 4.69) is 19.9 Å². The van der Waals surface area contributed by atoms with Gasteiger partial charge in [-0.05, 0) is 13.8 Å². The minimum absolute atomic E-state index is 0.984. The third-order valence-electron chi connectivity index (χ3n) is 1.24. The van der Waals surface area contributed by atoms with E-state index in [9.17, 15) is 0 Å². The van der Waals surface area contributed by atoms with E-state index in [0.717, 1.165) is 11.5 Å². The summed E-state index contributed by atoms with van der Waals surface area (Å²) in [6.07, 6.45) is 6.90. The van der Waals surface area contributed by atoms with Gasteiger partial charge in [0.25, 0.3) is 0 Å². The Balaban J connectivity index is 0.000000127. The Morgan fingerprint density at radius 1 is 1.33 bits per heavy atom. The number of aromatic nitrogens is 4. The average Bonchev–Trinajstić information content (AvgIpc) is 2.63. The first-order valence-electron chi connectivity index (χ1n) is 3.70. The number of imidazole rings is 2. The van der Waals surface area contributed by atoms with E-state index in [-0.39, 0.29) is 0 Å². The van der Waals surface area contributed by atoms with Crippen LogP contribution in [0.2, 0.25) is 0 Å². The summed E-state index contributed by atoms with van der Waals surface area (Å²) in [6.45, 7) is 3.92. The van der Waals surface area contributed by atoms with Crippen molar-refractivity contribution in [1.82, 2.24) is 19.9 Å². The number of aryl methyl sites for hydroxylation is 2. The molecule has 4 heteroatoms. The second-order valence-corrected chi connectivity index (χ2v) is 2.41. The van der Waals surface area contributed by atoms with E-state index in [1.807, 2.05) is 20.0 Å². The van der Waals surface area contributed by atoms with Crippen molar-refractivity contribution in [2.24, 2.45) is 0 Å². The van der Waals surface area contributed by atoms with Crippen molar-refractivity contribution in [2.45, 2.75) is 13.8 Å². The van der Waals surface area contributed by atoms with Crippen LogP contribution in [0.3, 0.4) is 0 Å². The molecule has 0 aliphatic carbocycles. The van der Waals surface area contributed by atoms with E-state index in [1.165, 1.54) is 0 Å². The number of H-pyrrole nitrogens is 2. The average molecular weight is 164 g/mol. The molecule has 2 aromatic heterocycles. The van der Waals surface area contributed by atoms with Crippen LogP contribution >= 0.6 is 0 Å². The van der Waals surface area contributed by atoms with Crippen molar-refractivity contribution in [3.63, 3.8) is 0 Å². The molecule has 0 amide bonds. The second-order valence-electron chi connectivity index (χ2n) is 2.41. The highest BCUT2D eigenvalue weighted by Gasteiger charge is 1.83. The molecule has 4 nitrogen and oxygen atoms in total.